The third-order valence-electron chi connectivity index (χ3n) is 4.02. The minimum absolute atomic E-state index is 0.0208. The van der Waals surface area contributed by atoms with Gasteiger partial charge in [-0.25, -0.2) is 14.8 Å². The number of hydrogen-bond acceptors (Lipinski definition) is 7. The van der Waals surface area contributed by atoms with Crippen molar-refractivity contribution in [3.63, 3.8) is 0 Å². The molecule has 0 atom stereocenters. The van der Waals surface area contributed by atoms with Gasteiger partial charge >= 0.3 is 11.7 Å². The van der Waals surface area contributed by atoms with Gasteiger partial charge in [0.2, 0.25) is 11.6 Å². The highest BCUT2D eigenvalue weighted by molar-refractivity contribution is 5.88. The van der Waals surface area contributed by atoms with Gasteiger partial charge in [-0.1, -0.05) is 18.2 Å². The molecule has 0 fully saturated rings. The zero-order valence-corrected chi connectivity index (χ0v) is 14.9. The smallest absolute Gasteiger partial charge is 0.354 e. The van der Waals surface area contributed by atoms with Gasteiger partial charge in [0.05, 0.1) is 10.5 Å². The Labute approximate surface area is 160 Å². The number of nitrogens with zero attached hydrogens (tertiary/aromatic N) is 4. The van der Waals surface area contributed by atoms with Crippen molar-refractivity contribution in [3.05, 3.63) is 76.6 Å². The number of carbonyl (C=O) groups is 1. The Morgan fingerprint density at radius 2 is 1.82 bits per heavy atom. The molecule has 0 radical (unpaired) electrons. The quantitative estimate of drug-likeness (QED) is 0.467. The molecule has 1 heterocycles. The van der Waals surface area contributed by atoms with E-state index in [1.807, 2.05) is 37.3 Å². The molecule has 3 aromatic rings. The normalized spacial score (nSPS) is 10.3. The van der Waals surface area contributed by atoms with Crippen LogP contribution < -0.4 is 10.2 Å². The van der Waals surface area contributed by atoms with Gasteiger partial charge in [-0.05, 0) is 43.3 Å². The van der Waals surface area contributed by atoms with Crippen molar-refractivity contribution in [2.24, 2.45) is 0 Å². The Morgan fingerprint density at radius 3 is 2.39 bits per heavy atom. The minimum Gasteiger partial charge on any atom is -0.478 e. The third kappa shape index (κ3) is 3.88. The van der Waals surface area contributed by atoms with E-state index in [0.717, 1.165) is 5.69 Å². The molecular formula is C19H17N5O4. The van der Waals surface area contributed by atoms with Crippen LogP contribution in [0.25, 0.3) is 0 Å². The van der Waals surface area contributed by atoms with Crippen molar-refractivity contribution < 1.29 is 14.8 Å². The Hall–Kier alpha value is -4.01. The number of para-hydroxylation sites is 1. The summed E-state index contributed by atoms with van der Waals surface area (Å²) in [6, 6.07) is 15.1. The Kier molecular flexibility index (Phi) is 5.45. The first kappa shape index (κ1) is 18.8. The molecule has 142 valence electrons. The maximum Gasteiger partial charge on any atom is 0.354 e. The van der Waals surface area contributed by atoms with Gasteiger partial charge in [0.1, 0.15) is 6.33 Å². The van der Waals surface area contributed by atoms with Crippen LogP contribution in [-0.4, -0.2) is 32.5 Å². The fourth-order valence-electron chi connectivity index (χ4n) is 2.72. The van der Waals surface area contributed by atoms with Gasteiger partial charge in [0, 0.05) is 17.9 Å². The van der Waals surface area contributed by atoms with E-state index in [2.05, 4.69) is 15.3 Å². The highest BCUT2D eigenvalue weighted by atomic mass is 16.6. The number of carboxylic acids is 1. The van der Waals surface area contributed by atoms with Crippen LogP contribution in [0.2, 0.25) is 0 Å². The molecule has 0 saturated carbocycles. The number of aromatic nitrogens is 2. The highest BCUT2D eigenvalue weighted by Gasteiger charge is 2.27. The molecule has 0 amide bonds. The summed E-state index contributed by atoms with van der Waals surface area (Å²) in [7, 11) is 0. The van der Waals surface area contributed by atoms with E-state index in [1.165, 1.54) is 30.6 Å². The van der Waals surface area contributed by atoms with Crippen molar-refractivity contribution in [2.75, 3.05) is 16.8 Å². The van der Waals surface area contributed by atoms with Crippen molar-refractivity contribution in [1.82, 2.24) is 9.97 Å². The van der Waals surface area contributed by atoms with Crippen molar-refractivity contribution in [1.29, 1.82) is 0 Å². The molecule has 0 aliphatic heterocycles. The SMILES string of the molecule is CCN(c1ccccc1)c1ncnc(Nc2ccc(C(=O)O)cc2)c1[N+](=O)[O-]. The Bertz CT molecular complexity index is 993. The molecule has 28 heavy (non-hydrogen) atoms. The van der Waals surface area contributed by atoms with E-state index in [0.29, 0.717) is 12.2 Å². The average Bonchev–Trinajstić information content (AvgIpc) is 2.70. The number of nitro groups is 1. The molecule has 0 aliphatic carbocycles. The lowest BCUT2D eigenvalue weighted by Gasteiger charge is -2.22. The number of benzene rings is 2. The summed E-state index contributed by atoms with van der Waals surface area (Å²) in [4.78, 5) is 32.1. The predicted molar refractivity (Wildman–Crippen MR) is 104 cm³/mol. The second-order valence-electron chi connectivity index (χ2n) is 5.74. The average molecular weight is 379 g/mol. The lowest BCUT2D eigenvalue weighted by Crippen LogP contribution is -2.19. The van der Waals surface area contributed by atoms with Gasteiger partial charge in [0.15, 0.2) is 0 Å². The first-order valence-corrected chi connectivity index (χ1v) is 8.43. The first-order chi connectivity index (χ1) is 13.5. The van der Waals surface area contributed by atoms with Crippen LogP contribution in [0.1, 0.15) is 17.3 Å². The summed E-state index contributed by atoms with van der Waals surface area (Å²) in [5.74, 6) is -0.867. The maximum absolute atomic E-state index is 11.8. The number of carboxylic acid groups (broad SMARTS) is 1. The van der Waals surface area contributed by atoms with Crippen LogP contribution in [0.3, 0.4) is 0 Å². The summed E-state index contributed by atoms with van der Waals surface area (Å²) in [5.41, 5.74) is 1.09. The summed E-state index contributed by atoms with van der Waals surface area (Å²) >= 11 is 0. The lowest BCUT2D eigenvalue weighted by molar-refractivity contribution is -0.383. The van der Waals surface area contributed by atoms with Crippen LogP contribution in [0.4, 0.5) is 28.7 Å². The molecule has 1 aromatic heterocycles. The molecule has 0 aliphatic rings. The second-order valence-corrected chi connectivity index (χ2v) is 5.74. The molecule has 0 unspecified atom stereocenters. The van der Waals surface area contributed by atoms with Crippen LogP contribution in [0.5, 0.6) is 0 Å². The number of nitrogens with one attached hydrogen (secondary N) is 1. The van der Waals surface area contributed by atoms with E-state index in [4.69, 9.17) is 5.11 Å². The van der Waals surface area contributed by atoms with Gasteiger partial charge in [-0.2, -0.15) is 0 Å². The topological polar surface area (TPSA) is 121 Å². The fraction of sp³-hybridized carbons (Fsp3) is 0.105. The van der Waals surface area contributed by atoms with Gasteiger partial charge in [-0.3, -0.25) is 10.1 Å². The van der Waals surface area contributed by atoms with Crippen LogP contribution >= 0.6 is 0 Å². The Morgan fingerprint density at radius 1 is 1.14 bits per heavy atom. The van der Waals surface area contributed by atoms with Gasteiger partial charge in [-0.15, -0.1) is 0 Å². The van der Waals surface area contributed by atoms with E-state index < -0.39 is 10.9 Å². The molecule has 0 spiro atoms. The number of aromatic carboxylic acids is 1. The molecule has 0 bridgehead atoms. The van der Waals surface area contributed by atoms with Crippen LogP contribution in [0, 0.1) is 10.1 Å². The first-order valence-electron chi connectivity index (χ1n) is 8.43. The molecule has 2 N–H and O–H groups in total. The van der Waals surface area contributed by atoms with Crippen molar-refractivity contribution in [3.8, 4) is 0 Å². The molecule has 2 aromatic carbocycles. The Balaban J connectivity index is 2.02. The predicted octanol–water partition coefficient (Wildman–Crippen LogP) is 3.98. The van der Waals surface area contributed by atoms with Crippen molar-refractivity contribution in [2.45, 2.75) is 6.92 Å². The third-order valence-corrected chi connectivity index (χ3v) is 4.02. The number of rotatable bonds is 7. The molecule has 3 rings (SSSR count). The van der Waals surface area contributed by atoms with Gasteiger partial charge < -0.3 is 15.3 Å². The van der Waals surface area contributed by atoms with Crippen LogP contribution in [0.15, 0.2) is 60.9 Å². The molecular weight excluding hydrogens is 362 g/mol. The summed E-state index contributed by atoms with van der Waals surface area (Å²) in [6.45, 7) is 2.34. The zero-order valence-electron chi connectivity index (χ0n) is 14.9. The van der Waals surface area contributed by atoms with E-state index >= 15 is 0 Å². The second kappa shape index (κ2) is 8.12. The lowest BCUT2D eigenvalue weighted by atomic mass is 10.2. The molecule has 9 nitrogen and oxygen atoms in total. The molecule has 9 heteroatoms. The van der Waals surface area contributed by atoms with E-state index in [1.54, 1.807) is 4.90 Å². The zero-order chi connectivity index (χ0) is 20.1. The van der Waals surface area contributed by atoms with Crippen molar-refractivity contribution >= 4 is 34.7 Å². The maximum atomic E-state index is 11.8. The number of anilines is 4. The monoisotopic (exact) mass is 379 g/mol. The van der Waals surface area contributed by atoms with Gasteiger partial charge in [0.25, 0.3) is 0 Å². The molecule has 0 saturated heterocycles. The highest BCUT2D eigenvalue weighted by Crippen LogP contribution is 2.36. The summed E-state index contributed by atoms with van der Waals surface area (Å²) in [6.07, 6.45) is 1.25. The standard InChI is InChI=1S/C19H17N5O4/c1-2-23(15-6-4-3-5-7-15)18-16(24(27)28)17(20-12-21-18)22-14-10-8-13(9-11-14)19(25)26/h3-12H,2H2,1H3,(H,25,26)(H,20,21,22). The largest absolute Gasteiger partial charge is 0.478 e. The minimum atomic E-state index is -1.05. The van der Waals surface area contributed by atoms with E-state index in [9.17, 15) is 14.9 Å². The summed E-state index contributed by atoms with van der Waals surface area (Å²) in [5, 5.41) is 23.7. The fourth-order valence-corrected chi connectivity index (χ4v) is 2.72. The van der Waals surface area contributed by atoms with E-state index in [-0.39, 0.29) is 22.9 Å². The number of hydrogen-bond donors (Lipinski definition) is 2. The summed E-state index contributed by atoms with van der Waals surface area (Å²) < 4.78 is 0. The van der Waals surface area contributed by atoms with Crippen LogP contribution in [-0.2, 0) is 0 Å².